The molecule has 1 heterocycles. The second kappa shape index (κ2) is 4.79. The van der Waals surface area contributed by atoms with Crippen LogP contribution in [0.3, 0.4) is 0 Å². The van der Waals surface area contributed by atoms with Crippen molar-refractivity contribution in [3.05, 3.63) is 47.0 Å². The minimum Gasteiger partial charge on any atom is -0.398 e. The third-order valence-corrected chi connectivity index (χ3v) is 4.24. The van der Waals surface area contributed by atoms with Crippen LogP contribution in [0.25, 0.3) is 11.0 Å². The summed E-state index contributed by atoms with van der Waals surface area (Å²) < 4.78 is 0. The van der Waals surface area contributed by atoms with Crippen molar-refractivity contribution in [1.29, 1.82) is 0 Å². The van der Waals surface area contributed by atoms with Gasteiger partial charge in [0.2, 0.25) is 0 Å². The maximum absolute atomic E-state index is 5.96. The molecule has 1 aromatic heterocycles. The average Bonchev–Trinajstić information content (AvgIpc) is 2.76. The van der Waals surface area contributed by atoms with E-state index >= 15 is 0 Å². The molecule has 0 aliphatic heterocycles. The number of aromatic nitrogens is 2. The monoisotopic (exact) mass is 289 g/mol. The lowest BCUT2D eigenvalue weighted by molar-refractivity contribution is 1.08. The van der Waals surface area contributed by atoms with Crippen molar-refractivity contribution < 1.29 is 0 Å². The molecule has 5 heteroatoms. The van der Waals surface area contributed by atoms with E-state index in [4.69, 9.17) is 17.3 Å². The molecule has 0 saturated heterocycles. The highest BCUT2D eigenvalue weighted by molar-refractivity contribution is 7.99. The van der Waals surface area contributed by atoms with E-state index in [1.54, 1.807) is 11.8 Å². The van der Waals surface area contributed by atoms with Crippen molar-refractivity contribution in [3.8, 4) is 0 Å². The van der Waals surface area contributed by atoms with E-state index in [1.807, 2.05) is 43.3 Å². The standard InChI is InChI=1S/C14H12ClN3S/c1-8-10(16)3-2-4-13(8)19-14-17-11-6-5-9(15)7-12(11)18-14/h2-7H,16H2,1H3,(H,17,18). The SMILES string of the molecule is Cc1c(N)cccc1Sc1nc2cc(Cl)ccc2[nH]1. The lowest BCUT2D eigenvalue weighted by Gasteiger charge is -2.05. The van der Waals surface area contributed by atoms with Crippen LogP contribution >= 0.6 is 23.4 Å². The van der Waals surface area contributed by atoms with Gasteiger partial charge < -0.3 is 10.7 Å². The highest BCUT2D eigenvalue weighted by atomic mass is 35.5. The number of hydrogen-bond acceptors (Lipinski definition) is 3. The molecule has 3 nitrogen and oxygen atoms in total. The lowest BCUT2D eigenvalue weighted by atomic mass is 10.2. The minimum absolute atomic E-state index is 0.690. The highest BCUT2D eigenvalue weighted by Gasteiger charge is 2.08. The quantitative estimate of drug-likeness (QED) is 0.693. The van der Waals surface area contributed by atoms with Crippen molar-refractivity contribution in [2.45, 2.75) is 17.0 Å². The first-order chi connectivity index (χ1) is 9.13. The van der Waals surface area contributed by atoms with Crippen LogP contribution in [0.15, 0.2) is 46.5 Å². The number of halogens is 1. The number of benzene rings is 2. The van der Waals surface area contributed by atoms with Gasteiger partial charge in [-0.1, -0.05) is 29.4 Å². The molecule has 0 spiro atoms. The predicted octanol–water partition coefficient (Wildman–Crippen LogP) is 4.26. The van der Waals surface area contributed by atoms with Gasteiger partial charge in [-0.2, -0.15) is 0 Å². The van der Waals surface area contributed by atoms with E-state index < -0.39 is 0 Å². The Morgan fingerprint density at radius 2 is 2.11 bits per heavy atom. The van der Waals surface area contributed by atoms with Gasteiger partial charge in [-0.25, -0.2) is 4.98 Å². The summed E-state index contributed by atoms with van der Waals surface area (Å²) in [5, 5.41) is 1.53. The predicted molar refractivity (Wildman–Crippen MR) is 80.8 cm³/mol. The summed E-state index contributed by atoms with van der Waals surface area (Å²) in [5.74, 6) is 0. The van der Waals surface area contributed by atoms with E-state index in [1.165, 1.54) is 0 Å². The van der Waals surface area contributed by atoms with Crippen LogP contribution in [-0.4, -0.2) is 9.97 Å². The number of aromatic amines is 1. The van der Waals surface area contributed by atoms with Gasteiger partial charge in [-0.05, 0) is 42.8 Å². The van der Waals surface area contributed by atoms with Gasteiger partial charge in [-0.15, -0.1) is 0 Å². The Labute approximate surface area is 120 Å². The van der Waals surface area contributed by atoms with Crippen LogP contribution in [-0.2, 0) is 0 Å². The van der Waals surface area contributed by atoms with Crippen molar-refractivity contribution in [3.63, 3.8) is 0 Å². The van der Waals surface area contributed by atoms with E-state index in [9.17, 15) is 0 Å². The third kappa shape index (κ3) is 2.41. The largest absolute Gasteiger partial charge is 0.398 e. The molecule has 0 radical (unpaired) electrons. The molecule has 2 aromatic carbocycles. The van der Waals surface area contributed by atoms with Crippen LogP contribution in [0.5, 0.6) is 0 Å². The van der Waals surface area contributed by atoms with Gasteiger partial charge in [0.25, 0.3) is 0 Å². The zero-order valence-corrected chi connectivity index (χ0v) is 11.8. The zero-order valence-electron chi connectivity index (χ0n) is 10.3. The molecule has 19 heavy (non-hydrogen) atoms. The first-order valence-electron chi connectivity index (χ1n) is 5.82. The van der Waals surface area contributed by atoms with E-state index in [0.717, 1.165) is 32.3 Å². The maximum Gasteiger partial charge on any atom is 0.171 e. The Bertz CT molecular complexity index is 752. The number of fused-ring (bicyclic) bond motifs is 1. The number of imidazole rings is 1. The highest BCUT2D eigenvalue weighted by Crippen LogP contribution is 2.32. The summed E-state index contributed by atoms with van der Waals surface area (Å²) in [6.07, 6.45) is 0. The molecule has 0 atom stereocenters. The first kappa shape index (κ1) is 12.4. The summed E-state index contributed by atoms with van der Waals surface area (Å²) in [6, 6.07) is 11.5. The van der Waals surface area contributed by atoms with Crippen LogP contribution < -0.4 is 5.73 Å². The Kier molecular flexibility index (Phi) is 3.12. The van der Waals surface area contributed by atoms with Crippen LogP contribution in [0, 0.1) is 6.92 Å². The fourth-order valence-corrected chi connectivity index (χ4v) is 2.95. The molecule has 96 valence electrons. The molecule has 0 unspecified atom stereocenters. The number of nitrogens with two attached hydrogens (primary N) is 1. The number of anilines is 1. The maximum atomic E-state index is 5.96. The number of hydrogen-bond donors (Lipinski definition) is 2. The summed E-state index contributed by atoms with van der Waals surface area (Å²) in [4.78, 5) is 8.89. The molecular weight excluding hydrogens is 278 g/mol. The summed E-state index contributed by atoms with van der Waals surface area (Å²) in [6.45, 7) is 2.01. The van der Waals surface area contributed by atoms with Gasteiger partial charge in [0, 0.05) is 15.6 Å². The second-order valence-electron chi connectivity index (χ2n) is 4.28. The molecule has 0 bridgehead atoms. The normalized spacial score (nSPS) is 11.1. The molecule has 3 aromatic rings. The number of nitrogens with one attached hydrogen (secondary N) is 1. The summed E-state index contributed by atoms with van der Waals surface area (Å²) >= 11 is 7.53. The summed E-state index contributed by atoms with van der Waals surface area (Å²) in [7, 11) is 0. The van der Waals surface area contributed by atoms with Gasteiger partial charge in [0.15, 0.2) is 5.16 Å². The van der Waals surface area contributed by atoms with E-state index in [0.29, 0.717) is 5.02 Å². The smallest absolute Gasteiger partial charge is 0.171 e. The summed E-state index contributed by atoms with van der Waals surface area (Å²) in [5.41, 5.74) is 9.63. The topological polar surface area (TPSA) is 54.7 Å². The van der Waals surface area contributed by atoms with Crippen LogP contribution in [0.4, 0.5) is 5.69 Å². The average molecular weight is 290 g/mol. The van der Waals surface area contributed by atoms with Gasteiger partial charge >= 0.3 is 0 Å². The van der Waals surface area contributed by atoms with Crippen molar-refractivity contribution in [2.75, 3.05) is 5.73 Å². The molecule has 0 saturated carbocycles. The molecule has 0 fully saturated rings. The molecule has 3 rings (SSSR count). The number of H-pyrrole nitrogens is 1. The molecule has 3 N–H and O–H groups in total. The Hall–Kier alpha value is -1.65. The second-order valence-corrected chi connectivity index (χ2v) is 5.74. The number of nitrogens with zero attached hydrogens (tertiary/aromatic N) is 1. The fraction of sp³-hybridized carbons (Fsp3) is 0.0714. The Morgan fingerprint density at radius 1 is 1.26 bits per heavy atom. The number of nitrogen functional groups attached to an aromatic ring is 1. The lowest BCUT2D eigenvalue weighted by Crippen LogP contribution is -1.90. The number of rotatable bonds is 2. The van der Waals surface area contributed by atoms with E-state index in [2.05, 4.69) is 9.97 Å². The van der Waals surface area contributed by atoms with Gasteiger partial charge in [-0.3, -0.25) is 0 Å². The Morgan fingerprint density at radius 3 is 2.95 bits per heavy atom. The fourth-order valence-electron chi connectivity index (χ4n) is 1.85. The van der Waals surface area contributed by atoms with Crippen LogP contribution in [0.1, 0.15) is 5.56 Å². The van der Waals surface area contributed by atoms with Crippen molar-refractivity contribution in [2.24, 2.45) is 0 Å². The molecular formula is C14H12ClN3S. The van der Waals surface area contributed by atoms with Crippen LogP contribution in [0.2, 0.25) is 5.02 Å². The molecule has 0 aliphatic rings. The van der Waals surface area contributed by atoms with Crippen molar-refractivity contribution in [1.82, 2.24) is 9.97 Å². The van der Waals surface area contributed by atoms with E-state index in [-0.39, 0.29) is 0 Å². The Balaban J connectivity index is 1.99. The van der Waals surface area contributed by atoms with Gasteiger partial charge in [0.05, 0.1) is 11.0 Å². The molecule has 0 amide bonds. The zero-order chi connectivity index (χ0) is 13.4. The van der Waals surface area contributed by atoms with Crippen molar-refractivity contribution >= 4 is 40.1 Å². The van der Waals surface area contributed by atoms with Gasteiger partial charge in [0.1, 0.15) is 0 Å². The minimum atomic E-state index is 0.690. The first-order valence-corrected chi connectivity index (χ1v) is 7.01. The third-order valence-electron chi connectivity index (χ3n) is 2.96. The molecule has 0 aliphatic carbocycles.